The number of rotatable bonds is 0. The van der Waals surface area contributed by atoms with Crippen molar-refractivity contribution >= 4 is 24.2 Å². The van der Waals surface area contributed by atoms with Crippen molar-refractivity contribution in [2.75, 3.05) is 0 Å². The molecule has 0 unspecified atom stereocenters. The summed E-state index contributed by atoms with van der Waals surface area (Å²) in [5, 5.41) is 2.27. The van der Waals surface area contributed by atoms with E-state index < -0.39 is 0 Å². The minimum atomic E-state index is -0.289. The molecule has 1 aliphatic heterocycles. The Morgan fingerprint density at radius 2 is 1.71 bits per heavy atom. The van der Waals surface area contributed by atoms with Crippen LogP contribution in [0.3, 0.4) is 0 Å². The monoisotopic (exact) mass is 211 g/mol. The highest BCUT2D eigenvalue weighted by atomic mass is 35.5. The Kier molecular flexibility index (Phi) is 2.62. The quantitative estimate of drug-likeness (QED) is 0.663. The van der Waals surface area contributed by atoms with Crippen LogP contribution < -0.4 is 5.32 Å². The minimum absolute atomic E-state index is 0. The number of hydrogen-bond acceptors (Lipinski definition) is 2. The Morgan fingerprint density at radius 3 is 2.36 bits per heavy atom. The van der Waals surface area contributed by atoms with Crippen molar-refractivity contribution in [3.05, 3.63) is 34.4 Å². The molecule has 0 bridgehead atoms. The highest BCUT2D eigenvalue weighted by molar-refractivity contribution is 6.22. The van der Waals surface area contributed by atoms with Crippen molar-refractivity contribution in [3.8, 4) is 0 Å². The molecule has 1 N–H and O–H groups in total. The Morgan fingerprint density at radius 1 is 1.07 bits per heavy atom. The first-order chi connectivity index (χ1) is 6.11. The van der Waals surface area contributed by atoms with Gasteiger partial charge in [0.15, 0.2) is 0 Å². The number of fused-ring (bicyclic) bond motifs is 1. The van der Waals surface area contributed by atoms with Gasteiger partial charge in [0.25, 0.3) is 11.8 Å². The van der Waals surface area contributed by atoms with Crippen LogP contribution in [0.2, 0.25) is 0 Å². The predicted molar refractivity (Wildman–Crippen MR) is 55.0 cm³/mol. The molecule has 0 saturated carbocycles. The molecule has 0 saturated heterocycles. The smallest absolute Gasteiger partial charge is 0.259 e. The van der Waals surface area contributed by atoms with Crippen LogP contribution in [-0.4, -0.2) is 11.8 Å². The normalized spacial score (nSPS) is 13.3. The molecule has 0 aromatic heterocycles. The maximum absolute atomic E-state index is 11.3. The molecule has 0 radical (unpaired) electrons. The van der Waals surface area contributed by atoms with Gasteiger partial charge >= 0.3 is 0 Å². The molecule has 1 heterocycles. The van der Waals surface area contributed by atoms with Crippen molar-refractivity contribution in [1.82, 2.24) is 5.32 Å². The summed E-state index contributed by atoms with van der Waals surface area (Å²) >= 11 is 0. The van der Waals surface area contributed by atoms with Crippen molar-refractivity contribution in [3.63, 3.8) is 0 Å². The largest absolute Gasteiger partial charge is 0.288 e. The summed E-state index contributed by atoms with van der Waals surface area (Å²) in [7, 11) is 0. The maximum atomic E-state index is 11.3. The van der Waals surface area contributed by atoms with Gasteiger partial charge < -0.3 is 0 Å². The van der Waals surface area contributed by atoms with Crippen LogP contribution >= 0.6 is 12.4 Å². The fourth-order valence-electron chi connectivity index (χ4n) is 1.53. The lowest BCUT2D eigenvalue weighted by Gasteiger charge is -2.02. The van der Waals surface area contributed by atoms with Gasteiger partial charge in [0.05, 0.1) is 11.1 Å². The molecule has 1 aromatic carbocycles. The third kappa shape index (κ3) is 1.30. The van der Waals surface area contributed by atoms with E-state index in [0.29, 0.717) is 11.1 Å². The van der Waals surface area contributed by atoms with Crippen LogP contribution in [0, 0.1) is 13.8 Å². The number of carbonyl (C=O) groups is 2. The zero-order valence-corrected chi connectivity index (χ0v) is 8.70. The van der Waals surface area contributed by atoms with Crippen LogP contribution in [0.1, 0.15) is 31.8 Å². The molecule has 1 aliphatic rings. The molecular weight excluding hydrogens is 202 g/mol. The fraction of sp³-hybridized carbons (Fsp3) is 0.200. The van der Waals surface area contributed by atoms with E-state index in [4.69, 9.17) is 0 Å². The molecule has 0 fully saturated rings. The Bertz CT molecular complexity index is 426. The molecule has 1 aromatic rings. The molecular formula is C10H10ClNO2. The second-order valence-electron chi connectivity index (χ2n) is 3.21. The number of amides is 2. The van der Waals surface area contributed by atoms with Crippen LogP contribution in [0.4, 0.5) is 0 Å². The number of hydrogen-bond donors (Lipinski definition) is 1. The topological polar surface area (TPSA) is 46.2 Å². The Labute approximate surface area is 87.9 Å². The van der Waals surface area contributed by atoms with E-state index >= 15 is 0 Å². The van der Waals surface area contributed by atoms with Crippen molar-refractivity contribution < 1.29 is 9.59 Å². The summed E-state index contributed by atoms with van der Waals surface area (Å²) in [5.41, 5.74) is 2.95. The number of imide groups is 1. The average molecular weight is 212 g/mol. The second-order valence-corrected chi connectivity index (χ2v) is 3.21. The molecule has 14 heavy (non-hydrogen) atoms. The highest BCUT2D eigenvalue weighted by Crippen LogP contribution is 2.21. The Balaban J connectivity index is 0.000000980. The summed E-state index contributed by atoms with van der Waals surface area (Å²) < 4.78 is 0. The van der Waals surface area contributed by atoms with Gasteiger partial charge in [-0.15, -0.1) is 12.4 Å². The standard InChI is InChI=1S/C10H9NO2.ClH/c1-5-3-4-7-8(6(5)2)10(13)11-9(7)12;/h3-4H,1-2H3,(H,11,12,13);1H. The lowest BCUT2D eigenvalue weighted by atomic mass is 9.99. The summed E-state index contributed by atoms with van der Waals surface area (Å²) in [6.07, 6.45) is 0. The van der Waals surface area contributed by atoms with Gasteiger partial charge in [0, 0.05) is 0 Å². The molecule has 2 rings (SSSR count). The lowest BCUT2D eigenvalue weighted by Crippen LogP contribution is -2.20. The van der Waals surface area contributed by atoms with Gasteiger partial charge in [-0.05, 0) is 31.0 Å². The molecule has 4 heteroatoms. The first-order valence-corrected chi connectivity index (χ1v) is 4.07. The number of nitrogens with one attached hydrogen (secondary N) is 1. The van der Waals surface area contributed by atoms with Gasteiger partial charge in [0.1, 0.15) is 0 Å². The van der Waals surface area contributed by atoms with Gasteiger partial charge in [0.2, 0.25) is 0 Å². The van der Waals surface area contributed by atoms with Crippen LogP contribution in [0.25, 0.3) is 0 Å². The van der Waals surface area contributed by atoms with E-state index in [2.05, 4.69) is 5.32 Å². The summed E-state index contributed by atoms with van der Waals surface area (Å²) in [6, 6.07) is 3.55. The van der Waals surface area contributed by atoms with Gasteiger partial charge in [-0.3, -0.25) is 14.9 Å². The number of halogens is 1. The van der Waals surface area contributed by atoms with E-state index in [0.717, 1.165) is 11.1 Å². The number of carbonyl (C=O) groups excluding carboxylic acids is 2. The average Bonchev–Trinajstić information content (AvgIpc) is 2.35. The van der Waals surface area contributed by atoms with Gasteiger partial charge in [-0.1, -0.05) is 6.07 Å². The fourth-order valence-corrected chi connectivity index (χ4v) is 1.53. The van der Waals surface area contributed by atoms with Crippen LogP contribution in [0.5, 0.6) is 0 Å². The van der Waals surface area contributed by atoms with Gasteiger partial charge in [-0.2, -0.15) is 0 Å². The first-order valence-electron chi connectivity index (χ1n) is 4.07. The third-order valence-electron chi connectivity index (χ3n) is 2.43. The zero-order chi connectivity index (χ0) is 9.59. The summed E-state index contributed by atoms with van der Waals surface area (Å²) in [5.74, 6) is -0.565. The lowest BCUT2D eigenvalue weighted by molar-refractivity contribution is 0.0879. The molecule has 3 nitrogen and oxygen atoms in total. The van der Waals surface area contributed by atoms with Crippen LogP contribution in [-0.2, 0) is 0 Å². The third-order valence-corrected chi connectivity index (χ3v) is 2.43. The minimum Gasteiger partial charge on any atom is -0.288 e. The van der Waals surface area contributed by atoms with Gasteiger partial charge in [-0.25, -0.2) is 0 Å². The van der Waals surface area contributed by atoms with Crippen molar-refractivity contribution in [1.29, 1.82) is 0 Å². The zero-order valence-electron chi connectivity index (χ0n) is 7.88. The Hall–Kier alpha value is -1.35. The SMILES string of the molecule is Cc1ccc2c(c1C)C(=O)NC2=O.Cl. The molecule has 74 valence electrons. The first kappa shape index (κ1) is 10.7. The maximum Gasteiger partial charge on any atom is 0.259 e. The molecule has 0 atom stereocenters. The summed E-state index contributed by atoms with van der Waals surface area (Å²) in [4.78, 5) is 22.5. The second kappa shape index (κ2) is 3.42. The van der Waals surface area contributed by atoms with E-state index in [1.807, 2.05) is 19.9 Å². The molecule has 0 aliphatic carbocycles. The number of aryl methyl sites for hydroxylation is 1. The molecule has 0 spiro atoms. The van der Waals surface area contributed by atoms with Crippen LogP contribution in [0.15, 0.2) is 12.1 Å². The summed E-state index contributed by atoms with van der Waals surface area (Å²) in [6.45, 7) is 3.78. The van der Waals surface area contributed by atoms with E-state index in [9.17, 15) is 9.59 Å². The van der Waals surface area contributed by atoms with Crippen molar-refractivity contribution in [2.24, 2.45) is 0 Å². The van der Waals surface area contributed by atoms with E-state index in [-0.39, 0.29) is 24.2 Å². The van der Waals surface area contributed by atoms with Crippen molar-refractivity contribution in [2.45, 2.75) is 13.8 Å². The van der Waals surface area contributed by atoms with E-state index in [1.54, 1.807) is 6.07 Å². The predicted octanol–water partition coefficient (Wildman–Crippen LogP) is 1.61. The van der Waals surface area contributed by atoms with E-state index in [1.165, 1.54) is 0 Å². The highest BCUT2D eigenvalue weighted by Gasteiger charge is 2.28. The molecule has 2 amide bonds. The number of benzene rings is 1.